The highest BCUT2D eigenvalue weighted by Gasteiger charge is 2.21. The number of pyridine rings is 1. The van der Waals surface area contributed by atoms with Gasteiger partial charge in [0.25, 0.3) is 6.43 Å². The van der Waals surface area contributed by atoms with Crippen molar-refractivity contribution in [2.24, 2.45) is 4.99 Å². The van der Waals surface area contributed by atoms with Gasteiger partial charge in [-0.1, -0.05) is 12.2 Å². The molecule has 7 nitrogen and oxygen atoms in total. The predicted molar refractivity (Wildman–Crippen MR) is 131 cm³/mol. The molecule has 3 rings (SSSR count). The Morgan fingerprint density at radius 2 is 1.91 bits per heavy atom. The summed E-state index contributed by atoms with van der Waals surface area (Å²) in [6.07, 6.45) is 3.15. The Balaban J connectivity index is 2.03. The summed E-state index contributed by atoms with van der Waals surface area (Å²) in [4.78, 5) is 16.3. The molecule has 0 saturated heterocycles. The second kappa shape index (κ2) is 11.8. The number of rotatable bonds is 10. The molecule has 0 amide bonds. The van der Waals surface area contributed by atoms with Gasteiger partial charge in [-0.3, -0.25) is 4.98 Å². The van der Waals surface area contributed by atoms with E-state index in [-0.39, 0.29) is 18.4 Å². The summed E-state index contributed by atoms with van der Waals surface area (Å²) in [6, 6.07) is 8.49. The van der Waals surface area contributed by atoms with E-state index < -0.39 is 17.9 Å². The van der Waals surface area contributed by atoms with Crippen LogP contribution in [0.3, 0.4) is 0 Å². The van der Waals surface area contributed by atoms with Gasteiger partial charge >= 0.3 is 0 Å². The van der Waals surface area contributed by atoms with Gasteiger partial charge in [0.05, 0.1) is 17.9 Å². The highest BCUT2D eigenvalue weighted by Crippen LogP contribution is 2.39. The molecule has 0 radical (unpaired) electrons. The number of anilines is 1. The summed E-state index contributed by atoms with van der Waals surface area (Å²) in [7, 11) is 1.73. The van der Waals surface area contributed by atoms with Crippen molar-refractivity contribution in [3.8, 4) is 28.3 Å². The van der Waals surface area contributed by atoms with Crippen molar-refractivity contribution in [2.75, 3.05) is 19.4 Å². The fraction of sp³-hybridized carbons (Fsp3) is 0.200. The van der Waals surface area contributed by atoms with Crippen LogP contribution in [-0.2, 0) is 0 Å². The van der Waals surface area contributed by atoms with E-state index in [1.807, 2.05) is 6.08 Å². The van der Waals surface area contributed by atoms with E-state index in [1.165, 1.54) is 30.3 Å². The lowest BCUT2D eigenvalue weighted by molar-refractivity contribution is 0.146. The number of ether oxygens (including phenoxy) is 1. The van der Waals surface area contributed by atoms with Crippen LogP contribution < -0.4 is 15.8 Å². The van der Waals surface area contributed by atoms with Crippen molar-refractivity contribution < 1.29 is 17.9 Å². The number of alkyl halides is 2. The fourth-order valence-electron chi connectivity index (χ4n) is 3.28. The van der Waals surface area contributed by atoms with Crippen molar-refractivity contribution in [3.05, 3.63) is 77.7 Å². The summed E-state index contributed by atoms with van der Waals surface area (Å²) in [5.74, 6) is 0.231. The number of allylic oxidation sites excluding steroid dienone is 2. The third-order valence-corrected chi connectivity index (χ3v) is 4.84. The van der Waals surface area contributed by atoms with Gasteiger partial charge < -0.3 is 15.8 Å². The Morgan fingerprint density at radius 1 is 1.17 bits per heavy atom. The van der Waals surface area contributed by atoms with Crippen LogP contribution >= 0.6 is 0 Å². The van der Waals surface area contributed by atoms with Gasteiger partial charge in [-0.25, -0.2) is 23.1 Å². The predicted octanol–water partition coefficient (Wildman–Crippen LogP) is 5.26. The maximum absolute atomic E-state index is 13.5. The first-order chi connectivity index (χ1) is 16.8. The highest BCUT2D eigenvalue weighted by molar-refractivity contribution is 5.85. The number of aliphatic imine (C=N–C) groups is 1. The van der Waals surface area contributed by atoms with Gasteiger partial charge in [0.1, 0.15) is 17.3 Å². The average molecular weight is 483 g/mol. The van der Waals surface area contributed by atoms with Crippen LogP contribution in [0.5, 0.6) is 5.88 Å². The van der Waals surface area contributed by atoms with Crippen LogP contribution in [0.2, 0.25) is 0 Å². The largest absolute Gasteiger partial charge is 0.477 e. The van der Waals surface area contributed by atoms with E-state index >= 15 is 0 Å². The van der Waals surface area contributed by atoms with E-state index in [4.69, 9.17) is 10.5 Å². The van der Waals surface area contributed by atoms with Crippen LogP contribution in [0.25, 0.3) is 22.4 Å². The molecule has 10 heteroatoms. The van der Waals surface area contributed by atoms with Crippen molar-refractivity contribution >= 4 is 12.7 Å². The molecule has 35 heavy (non-hydrogen) atoms. The molecule has 0 unspecified atom stereocenters. The van der Waals surface area contributed by atoms with Crippen molar-refractivity contribution in [1.29, 1.82) is 0 Å². The number of hydrogen-bond donors (Lipinski definition) is 2. The van der Waals surface area contributed by atoms with Crippen molar-refractivity contribution in [2.45, 2.75) is 19.8 Å². The Labute approximate surface area is 201 Å². The number of nitrogens with zero attached hydrogens (tertiary/aromatic N) is 4. The lowest BCUT2D eigenvalue weighted by atomic mass is 9.99. The van der Waals surface area contributed by atoms with Crippen LogP contribution in [0.4, 0.5) is 19.1 Å². The molecule has 3 aromatic rings. The molecule has 2 aromatic heterocycles. The van der Waals surface area contributed by atoms with Gasteiger partial charge in [0.2, 0.25) is 11.8 Å². The molecule has 0 aliphatic heterocycles. The van der Waals surface area contributed by atoms with Gasteiger partial charge in [-0.15, -0.1) is 0 Å². The van der Waals surface area contributed by atoms with E-state index in [9.17, 15) is 13.2 Å². The molecule has 0 aliphatic carbocycles. The number of nitrogens with one attached hydrogen (secondary N) is 1. The number of nitrogen functional groups attached to an aromatic ring is 1. The number of halogens is 3. The maximum Gasteiger partial charge on any atom is 0.280 e. The van der Waals surface area contributed by atoms with Crippen LogP contribution in [0.15, 0.2) is 65.4 Å². The average Bonchev–Trinajstić information content (AvgIpc) is 2.83. The molecule has 1 aromatic carbocycles. The normalized spacial score (nSPS) is 11.8. The minimum Gasteiger partial charge on any atom is -0.477 e. The standard InChI is InChI=1S/C25H25F3N6O/c1-15-13-17(14-19(32-15)23(27)28)21-22(16-8-10-18(26)11-9-16)33-25(29)34-24(21)35-12-6-4-5-7-20(30-2)31-3/h4-5,7-11,13-14,23,31H,2,6,12H2,1,3H3,(H2,29,33,34)/b5-4-,20-7+. The minimum atomic E-state index is -2.77. The van der Waals surface area contributed by atoms with Crippen LogP contribution in [-0.4, -0.2) is 35.3 Å². The van der Waals surface area contributed by atoms with Gasteiger partial charge in [-0.05, 0) is 68.1 Å². The molecule has 2 heterocycles. The maximum atomic E-state index is 13.5. The molecular weight excluding hydrogens is 457 g/mol. The Kier molecular flexibility index (Phi) is 8.55. The van der Waals surface area contributed by atoms with E-state index in [0.717, 1.165) is 0 Å². The molecule has 0 saturated carbocycles. The zero-order valence-electron chi connectivity index (χ0n) is 19.3. The first-order valence-corrected chi connectivity index (χ1v) is 10.7. The summed E-state index contributed by atoms with van der Waals surface area (Å²) in [5, 5.41) is 2.88. The number of aromatic nitrogens is 3. The topological polar surface area (TPSA) is 98.3 Å². The molecule has 0 spiro atoms. The summed E-state index contributed by atoms with van der Waals surface area (Å²) >= 11 is 0. The molecular formula is C25H25F3N6O. The molecule has 182 valence electrons. The van der Waals surface area contributed by atoms with Gasteiger partial charge in [-0.2, -0.15) is 4.98 Å². The lowest BCUT2D eigenvalue weighted by Gasteiger charge is -2.16. The van der Waals surface area contributed by atoms with E-state index in [1.54, 1.807) is 32.2 Å². The van der Waals surface area contributed by atoms with Crippen LogP contribution in [0, 0.1) is 12.7 Å². The monoisotopic (exact) mass is 482 g/mol. The Bertz CT molecular complexity index is 1240. The van der Waals surface area contributed by atoms with Crippen molar-refractivity contribution in [3.63, 3.8) is 0 Å². The molecule has 0 fully saturated rings. The Morgan fingerprint density at radius 3 is 2.57 bits per heavy atom. The zero-order valence-corrected chi connectivity index (χ0v) is 19.3. The molecule has 0 aliphatic rings. The van der Waals surface area contributed by atoms with E-state index in [0.29, 0.717) is 40.3 Å². The first kappa shape index (κ1) is 25.4. The lowest BCUT2D eigenvalue weighted by Crippen LogP contribution is -2.07. The van der Waals surface area contributed by atoms with Crippen LogP contribution in [0.1, 0.15) is 24.2 Å². The first-order valence-electron chi connectivity index (χ1n) is 10.7. The third kappa shape index (κ3) is 6.66. The highest BCUT2D eigenvalue weighted by atomic mass is 19.3. The summed E-state index contributed by atoms with van der Waals surface area (Å²) < 4.78 is 46.4. The zero-order chi connectivity index (χ0) is 25.4. The third-order valence-electron chi connectivity index (χ3n) is 4.84. The number of nitrogens with two attached hydrogens (primary N) is 1. The Hall–Kier alpha value is -4.21. The SMILES string of the molecule is C=N/C(=C\C=C/CCOc1nc(N)nc(-c2ccc(F)cc2)c1-c1cc(C)nc(C(F)F)c1)NC. The second-order valence-corrected chi connectivity index (χ2v) is 7.37. The van der Waals surface area contributed by atoms with Gasteiger partial charge in [0.15, 0.2) is 0 Å². The smallest absolute Gasteiger partial charge is 0.280 e. The molecule has 3 N–H and O–H groups in total. The fourth-order valence-corrected chi connectivity index (χ4v) is 3.28. The van der Waals surface area contributed by atoms with Crippen molar-refractivity contribution in [1.82, 2.24) is 20.3 Å². The summed E-state index contributed by atoms with van der Waals surface area (Å²) in [5.41, 5.74) is 7.53. The van der Waals surface area contributed by atoms with Gasteiger partial charge in [0, 0.05) is 18.3 Å². The molecule has 0 bridgehead atoms. The number of hydrogen-bond acceptors (Lipinski definition) is 7. The quantitative estimate of drug-likeness (QED) is 0.232. The number of benzene rings is 1. The second-order valence-electron chi connectivity index (χ2n) is 7.37. The molecule has 0 atom stereocenters. The minimum absolute atomic E-state index is 0.0721. The number of aryl methyl sites for hydroxylation is 1. The summed E-state index contributed by atoms with van der Waals surface area (Å²) in [6.45, 7) is 5.29. The van der Waals surface area contributed by atoms with E-state index in [2.05, 4.69) is 32.0 Å².